The quantitative estimate of drug-likeness (QED) is 0.457. The minimum Gasteiger partial charge on any atom is -0.383 e. The number of hydrogen-bond acceptors (Lipinski definition) is 6. The van der Waals surface area contributed by atoms with Crippen molar-refractivity contribution >= 4 is 10.0 Å². The van der Waals surface area contributed by atoms with Crippen LogP contribution in [0.25, 0.3) is 5.69 Å². The lowest BCUT2D eigenvalue weighted by Gasteiger charge is -2.19. The standard InChI is InChI=1S/C23H30FN5O3S/c1-4-10-28(11-12-32-3)16-22-26-23(14-18-7-5-6-17(2)13-18)29(27-22)21-9-8-19(15-20(21)24)33(25,30)31/h5-9,13,15H,4,10-12,14,16H2,1-3H3,(H2,25,30,31). The van der Waals surface area contributed by atoms with Gasteiger partial charge in [-0.1, -0.05) is 36.8 Å². The molecule has 0 bridgehead atoms. The average Bonchev–Trinajstić information content (AvgIpc) is 3.13. The molecule has 0 spiro atoms. The maximum atomic E-state index is 15.0. The number of benzene rings is 2. The first kappa shape index (κ1) is 25.0. The summed E-state index contributed by atoms with van der Waals surface area (Å²) in [4.78, 5) is 6.60. The highest BCUT2D eigenvalue weighted by atomic mass is 32.2. The van der Waals surface area contributed by atoms with Crippen molar-refractivity contribution in [3.63, 3.8) is 0 Å². The number of sulfonamides is 1. The van der Waals surface area contributed by atoms with E-state index in [0.29, 0.717) is 31.2 Å². The fourth-order valence-corrected chi connectivity index (χ4v) is 4.14. The highest BCUT2D eigenvalue weighted by molar-refractivity contribution is 7.89. The third kappa shape index (κ3) is 6.67. The summed E-state index contributed by atoms with van der Waals surface area (Å²) in [6, 6.07) is 11.5. The Morgan fingerprint density at radius 3 is 2.61 bits per heavy atom. The summed E-state index contributed by atoms with van der Waals surface area (Å²) in [5, 5.41) is 9.73. The zero-order chi connectivity index (χ0) is 24.0. The van der Waals surface area contributed by atoms with Crippen LogP contribution in [0.1, 0.15) is 36.1 Å². The normalized spacial score (nSPS) is 11.9. The fraction of sp³-hybridized carbons (Fsp3) is 0.391. The number of hydrogen-bond donors (Lipinski definition) is 1. The van der Waals surface area contributed by atoms with E-state index in [-0.39, 0.29) is 10.6 Å². The molecule has 3 rings (SSSR count). The molecule has 0 saturated carbocycles. The first-order valence-electron chi connectivity index (χ1n) is 10.8. The predicted octanol–water partition coefficient (Wildman–Crippen LogP) is 2.81. The third-order valence-electron chi connectivity index (χ3n) is 5.16. The van der Waals surface area contributed by atoms with Gasteiger partial charge in [0, 0.05) is 20.1 Å². The van der Waals surface area contributed by atoms with Crippen molar-refractivity contribution in [2.24, 2.45) is 5.14 Å². The molecule has 2 N–H and O–H groups in total. The van der Waals surface area contributed by atoms with Gasteiger partial charge in [0.15, 0.2) is 5.82 Å². The number of methoxy groups -OCH3 is 1. The monoisotopic (exact) mass is 475 g/mol. The lowest BCUT2D eigenvalue weighted by molar-refractivity contribution is 0.142. The molecule has 0 aliphatic rings. The highest BCUT2D eigenvalue weighted by Crippen LogP contribution is 2.21. The molecule has 3 aromatic rings. The zero-order valence-corrected chi connectivity index (χ0v) is 20.0. The highest BCUT2D eigenvalue weighted by Gasteiger charge is 2.19. The van der Waals surface area contributed by atoms with Gasteiger partial charge in [-0.2, -0.15) is 0 Å². The lowest BCUT2D eigenvalue weighted by atomic mass is 10.1. The third-order valence-corrected chi connectivity index (χ3v) is 6.07. The van der Waals surface area contributed by atoms with Gasteiger partial charge in [-0.25, -0.2) is 27.6 Å². The van der Waals surface area contributed by atoms with Crippen LogP contribution in [0.3, 0.4) is 0 Å². The minimum absolute atomic E-state index is 0.114. The maximum absolute atomic E-state index is 15.0. The van der Waals surface area contributed by atoms with E-state index in [0.717, 1.165) is 36.7 Å². The Kier molecular flexibility index (Phi) is 8.30. The molecule has 1 aromatic heterocycles. The molecule has 178 valence electrons. The second-order valence-electron chi connectivity index (χ2n) is 7.95. The van der Waals surface area contributed by atoms with Crippen LogP contribution in [0.2, 0.25) is 0 Å². The van der Waals surface area contributed by atoms with Gasteiger partial charge in [-0.3, -0.25) is 4.90 Å². The summed E-state index contributed by atoms with van der Waals surface area (Å²) in [6.45, 7) is 6.75. The molecule has 0 aliphatic heterocycles. The van der Waals surface area contributed by atoms with E-state index >= 15 is 0 Å². The Morgan fingerprint density at radius 1 is 1.18 bits per heavy atom. The molecule has 1 heterocycles. The van der Waals surface area contributed by atoms with Crippen molar-refractivity contribution in [2.45, 2.75) is 38.1 Å². The molecule has 0 aliphatic carbocycles. The van der Waals surface area contributed by atoms with Crippen molar-refractivity contribution < 1.29 is 17.5 Å². The topological polar surface area (TPSA) is 103 Å². The van der Waals surface area contributed by atoms with Gasteiger partial charge < -0.3 is 4.74 Å². The summed E-state index contributed by atoms with van der Waals surface area (Å²) in [6.07, 6.45) is 1.40. The largest absolute Gasteiger partial charge is 0.383 e. The van der Waals surface area contributed by atoms with E-state index in [4.69, 9.17) is 14.9 Å². The van der Waals surface area contributed by atoms with Crippen LogP contribution >= 0.6 is 0 Å². The van der Waals surface area contributed by atoms with E-state index in [9.17, 15) is 12.8 Å². The van der Waals surface area contributed by atoms with Crippen molar-refractivity contribution in [1.29, 1.82) is 0 Å². The van der Waals surface area contributed by atoms with Gasteiger partial charge in [0.05, 0.1) is 18.0 Å². The van der Waals surface area contributed by atoms with Crippen molar-refractivity contribution in [3.05, 3.63) is 71.1 Å². The SMILES string of the molecule is CCCN(CCOC)Cc1nc(Cc2cccc(C)c2)n(-c2ccc(S(N)(=O)=O)cc2F)n1. The second kappa shape index (κ2) is 11.0. The number of primary sulfonamides is 1. The molecule has 0 fully saturated rings. The van der Waals surface area contributed by atoms with E-state index in [2.05, 4.69) is 16.9 Å². The molecule has 33 heavy (non-hydrogen) atoms. The second-order valence-corrected chi connectivity index (χ2v) is 9.51. The Labute approximate surface area is 194 Å². The van der Waals surface area contributed by atoms with E-state index < -0.39 is 15.8 Å². The van der Waals surface area contributed by atoms with Gasteiger partial charge >= 0.3 is 0 Å². The summed E-state index contributed by atoms with van der Waals surface area (Å²) in [5.74, 6) is 0.367. The van der Waals surface area contributed by atoms with Gasteiger partial charge in [0.1, 0.15) is 17.3 Å². The fourth-order valence-electron chi connectivity index (χ4n) is 3.61. The smallest absolute Gasteiger partial charge is 0.238 e. The molecule has 0 amide bonds. The molecule has 0 radical (unpaired) electrons. The van der Waals surface area contributed by atoms with Crippen molar-refractivity contribution in [2.75, 3.05) is 26.8 Å². The van der Waals surface area contributed by atoms with Crippen LogP contribution in [-0.2, 0) is 27.7 Å². The predicted molar refractivity (Wildman–Crippen MR) is 124 cm³/mol. The van der Waals surface area contributed by atoms with Crippen LogP contribution in [0.5, 0.6) is 0 Å². The molecule has 2 aromatic carbocycles. The first-order valence-corrected chi connectivity index (χ1v) is 12.3. The first-order chi connectivity index (χ1) is 15.7. The van der Waals surface area contributed by atoms with E-state index in [1.165, 1.54) is 16.8 Å². The average molecular weight is 476 g/mol. The maximum Gasteiger partial charge on any atom is 0.238 e. The molecule has 10 heteroatoms. The minimum atomic E-state index is -4.02. The summed E-state index contributed by atoms with van der Waals surface area (Å²) in [7, 11) is -2.36. The van der Waals surface area contributed by atoms with Crippen LogP contribution in [0.4, 0.5) is 4.39 Å². The van der Waals surface area contributed by atoms with E-state index in [1.807, 2.05) is 31.2 Å². The number of aromatic nitrogens is 3. The van der Waals surface area contributed by atoms with Crippen LogP contribution in [-0.4, -0.2) is 54.9 Å². The summed E-state index contributed by atoms with van der Waals surface area (Å²) >= 11 is 0. The number of halogens is 1. The Morgan fingerprint density at radius 2 is 1.97 bits per heavy atom. The van der Waals surface area contributed by atoms with Gasteiger partial charge in [-0.15, -0.1) is 5.10 Å². The molecule has 0 atom stereocenters. The Bertz CT molecular complexity index is 1200. The molecule has 0 saturated heterocycles. The zero-order valence-electron chi connectivity index (χ0n) is 19.2. The molecular weight excluding hydrogens is 445 g/mol. The molecule has 0 unspecified atom stereocenters. The van der Waals surface area contributed by atoms with E-state index in [1.54, 1.807) is 7.11 Å². The van der Waals surface area contributed by atoms with Crippen LogP contribution in [0.15, 0.2) is 47.4 Å². The number of ether oxygens (including phenoxy) is 1. The van der Waals surface area contributed by atoms with Gasteiger partial charge in [0.25, 0.3) is 0 Å². The van der Waals surface area contributed by atoms with Gasteiger partial charge in [0.2, 0.25) is 10.0 Å². The van der Waals surface area contributed by atoms with Crippen LogP contribution < -0.4 is 5.14 Å². The van der Waals surface area contributed by atoms with Crippen molar-refractivity contribution in [1.82, 2.24) is 19.7 Å². The molecular formula is C23H30FN5O3S. The van der Waals surface area contributed by atoms with Crippen molar-refractivity contribution in [3.8, 4) is 5.69 Å². The number of nitrogens with zero attached hydrogens (tertiary/aromatic N) is 4. The number of rotatable bonds is 11. The Hall–Kier alpha value is -2.66. The summed E-state index contributed by atoms with van der Waals surface area (Å²) < 4.78 is 44.8. The Balaban J connectivity index is 2.01. The number of aryl methyl sites for hydroxylation is 1. The van der Waals surface area contributed by atoms with Gasteiger partial charge in [-0.05, 0) is 43.7 Å². The summed E-state index contributed by atoms with van der Waals surface area (Å²) in [5.41, 5.74) is 2.24. The van der Waals surface area contributed by atoms with Crippen LogP contribution in [0, 0.1) is 12.7 Å². The lowest BCUT2D eigenvalue weighted by Crippen LogP contribution is -2.28. The number of nitrogens with two attached hydrogens (primary N) is 1. The molecule has 8 nitrogen and oxygen atoms in total.